The van der Waals surface area contributed by atoms with Gasteiger partial charge in [-0.25, -0.2) is 14.0 Å². The van der Waals surface area contributed by atoms with Crippen LogP contribution in [-0.4, -0.2) is 45.8 Å². The van der Waals surface area contributed by atoms with Gasteiger partial charge in [-0.05, 0) is 30.7 Å². The van der Waals surface area contributed by atoms with E-state index in [0.717, 1.165) is 4.90 Å². The summed E-state index contributed by atoms with van der Waals surface area (Å²) in [5.74, 6) is -1.55. The maximum atomic E-state index is 13.1. The van der Waals surface area contributed by atoms with Crippen LogP contribution in [0.3, 0.4) is 0 Å². The highest BCUT2D eigenvalue weighted by Crippen LogP contribution is 2.20. The number of carbonyl (C=O) groups is 2. The fraction of sp³-hybridized carbons (Fsp3) is 0.385. The summed E-state index contributed by atoms with van der Waals surface area (Å²) >= 11 is 0. The van der Waals surface area contributed by atoms with E-state index >= 15 is 0 Å². The molecule has 20 heavy (non-hydrogen) atoms. The molecule has 1 heterocycles. The molecule has 2 atom stereocenters. The predicted octanol–water partition coefficient (Wildman–Crippen LogP) is 1.19. The number of anilines is 1. The largest absolute Gasteiger partial charge is 0.480 e. The summed E-state index contributed by atoms with van der Waals surface area (Å²) in [5, 5.41) is 21.0. The second kappa shape index (κ2) is 5.46. The number of likely N-dealkylation sites (tertiary alicyclic amines) is 1. The Morgan fingerprint density at radius 2 is 2.15 bits per heavy atom. The molecule has 1 aliphatic heterocycles. The molecule has 0 spiro atoms. The maximum absolute atomic E-state index is 13.1. The van der Waals surface area contributed by atoms with Gasteiger partial charge in [-0.15, -0.1) is 0 Å². The van der Waals surface area contributed by atoms with Crippen molar-refractivity contribution < 1.29 is 24.2 Å². The molecule has 6 nitrogen and oxygen atoms in total. The van der Waals surface area contributed by atoms with Gasteiger partial charge in [0.25, 0.3) is 0 Å². The number of carbonyl (C=O) groups excluding carboxylic acids is 1. The molecule has 1 aromatic rings. The molecule has 1 saturated heterocycles. The molecule has 0 aromatic heterocycles. The summed E-state index contributed by atoms with van der Waals surface area (Å²) in [5.41, 5.74) is 0.749. The van der Waals surface area contributed by atoms with Crippen LogP contribution in [0, 0.1) is 12.7 Å². The van der Waals surface area contributed by atoms with E-state index in [1.54, 1.807) is 6.92 Å². The second-order valence-electron chi connectivity index (χ2n) is 4.79. The minimum Gasteiger partial charge on any atom is -0.480 e. The van der Waals surface area contributed by atoms with Gasteiger partial charge in [0.2, 0.25) is 0 Å². The summed E-state index contributed by atoms with van der Waals surface area (Å²) in [4.78, 5) is 24.1. The summed E-state index contributed by atoms with van der Waals surface area (Å²) in [7, 11) is 0. The number of aryl methyl sites for hydroxylation is 1. The Labute approximate surface area is 114 Å². The third-order valence-corrected chi connectivity index (χ3v) is 3.23. The zero-order valence-electron chi connectivity index (χ0n) is 10.8. The molecule has 0 bridgehead atoms. The number of carboxylic acid groups (broad SMARTS) is 1. The molecule has 108 valence electrons. The van der Waals surface area contributed by atoms with Crippen molar-refractivity contribution in [1.82, 2.24) is 4.90 Å². The Kier molecular flexibility index (Phi) is 3.89. The lowest BCUT2D eigenvalue weighted by atomic mass is 10.2. The van der Waals surface area contributed by atoms with Crippen molar-refractivity contribution in [2.75, 3.05) is 11.9 Å². The zero-order valence-corrected chi connectivity index (χ0v) is 10.8. The highest BCUT2D eigenvalue weighted by Gasteiger charge is 2.38. The number of halogens is 1. The first kappa shape index (κ1) is 14.3. The number of aliphatic carboxylic acids is 1. The number of aliphatic hydroxyl groups is 1. The minimum atomic E-state index is -1.16. The van der Waals surface area contributed by atoms with Crippen LogP contribution in [-0.2, 0) is 4.79 Å². The number of urea groups is 1. The topological polar surface area (TPSA) is 89.9 Å². The van der Waals surface area contributed by atoms with Gasteiger partial charge in [-0.3, -0.25) is 0 Å². The van der Waals surface area contributed by atoms with E-state index in [-0.39, 0.29) is 18.8 Å². The van der Waals surface area contributed by atoms with Gasteiger partial charge < -0.3 is 20.4 Å². The SMILES string of the molecule is Cc1cc(NC(=O)N2C[C@H](O)C[C@H]2C(=O)O)ccc1F. The minimum absolute atomic E-state index is 0.00516. The van der Waals surface area contributed by atoms with Gasteiger partial charge in [0, 0.05) is 18.7 Å². The molecule has 1 fully saturated rings. The molecule has 2 amide bonds. The van der Waals surface area contributed by atoms with Crippen molar-refractivity contribution in [3.05, 3.63) is 29.6 Å². The molecular formula is C13H15FN2O4. The molecule has 7 heteroatoms. The maximum Gasteiger partial charge on any atom is 0.326 e. The van der Waals surface area contributed by atoms with Crippen LogP contribution in [0.15, 0.2) is 18.2 Å². The van der Waals surface area contributed by atoms with E-state index in [1.165, 1.54) is 18.2 Å². The first-order valence-electron chi connectivity index (χ1n) is 6.13. The van der Waals surface area contributed by atoms with Crippen LogP contribution in [0.5, 0.6) is 0 Å². The molecule has 0 unspecified atom stereocenters. The van der Waals surface area contributed by atoms with Crippen LogP contribution in [0.25, 0.3) is 0 Å². The number of β-amino-alcohol motifs (C(OH)–C–C–N with tert-alkyl or cyclic N) is 1. The fourth-order valence-corrected chi connectivity index (χ4v) is 2.19. The van der Waals surface area contributed by atoms with E-state index in [2.05, 4.69) is 5.32 Å². The van der Waals surface area contributed by atoms with E-state index in [0.29, 0.717) is 11.3 Å². The van der Waals surface area contributed by atoms with Crippen LogP contribution in [0.4, 0.5) is 14.9 Å². The van der Waals surface area contributed by atoms with Crippen molar-refractivity contribution in [3.63, 3.8) is 0 Å². The lowest BCUT2D eigenvalue weighted by Crippen LogP contribution is -2.43. The quantitative estimate of drug-likeness (QED) is 0.760. The first-order chi connectivity index (χ1) is 9.38. The number of amides is 2. The molecule has 0 radical (unpaired) electrons. The lowest BCUT2D eigenvalue weighted by Gasteiger charge is -2.21. The van der Waals surface area contributed by atoms with Crippen LogP contribution < -0.4 is 5.32 Å². The molecule has 3 N–H and O–H groups in total. The fourth-order valence-electron chi connectivity index (χ4n) is 2.19. The smallest absolute Gasteiger partial charge is 0.326 e. The molecule has 1 aliphatic rings. The van der Waals surface area contributed by atoms with Gasteiger partial charge in [0.1, 0.15) is 11.9 Å². The lowest BCUT2D eigenvalue weighted by molar-refractivity contribution is -0.141. The summed E-state index contributed by atoms with van der Waals surface area (Å²) < 4.78 is 13.1. The van der Waals surface area contributed by atoms with Crippen LogP contribution in [0.1, 0.15) is 12.0 Å². The third-order valence-electron chi connectivity index (χ3n) is 3.23. The average molecular weight is 282 g/mol. The number of nitrogens with one attached hydrogen (secondary N) is 1. The van der Waals surface area contributed by atoms with E-state index < -0.39 is 24.1 Å². The van der Waals surface area contributed by atoms with Crippen LogP contribution in [0.2, 0.25) is 0 Å². The zero-order chi connectivity index (χ0) is 14.9. The molecule has 0 saturated carbocycles. The van der Waals surface area contributed by atoms with E-state index in [4.69, 9.17) is 5.11 Å². The molecular weight excluding hydrogens is 267 g/mol. The Hall–Kier alpha value is -2.15. The van der Waals surface area contributed by atoms with Crippen molar-refractivity contribution >= 4 is 17.7 Å². The number of hydrogen-bond donors (Lipinski definition) is 3. The number of aliphatic hydroxyl groups excluding tert-OH is 1. The molecule has 1 aromatic carbocycles. The molecule has 2 rings (SSSR count). The summed E-state index contributed by atoms with van der Waals surface area (Å²) in [6.45, 7) is 1.52. The Balaban J connectivity index is 2.11. The summed E-state index contributed by atoms with van der Waals surface area (Å²) in [6.07, 6.45) is -0.845. The van der Waals surface area contributed by atoms with Crippen LogP contribution >= 0.6 is 0 Å². The monoisotopic (exact) mass is 282 g/mol. The number of rotatable bonds is 2. The Morgan fingerprint density at radius 3 is 2.75 bits per heavy atom. The molecule has 0 aliphatic carbocycles. The van der Waals surface area contributed by atoms with Gasteiger partial charge in [0.15, 0.2) is 0 Å². The van der Waals surface area contributed by atoms with E-state index in [9.17, 15) is 19.1 Å². The van der Waals surface area contributed by atoms with Crippen molar-refractivity contribution in [2.24, 2.45) is 0 Å². The number of benzene rings is 1. The van der Waals surface area contributed by atoms with Gasteiger partial charge >= 0.3 is 12.0 Å². The van der Waals surface area contributed by atoms with Crippen molar-refractivity contribution in [3.8, 4) is 0 Å². The Bertz CT molecular complexity index is 549. The number of carboxylic acids is 1. The average Bonchev–Trinajstić information content (AvgIpc) is 2.76. The van der Waals surface area contributed by atoms with E-state index in [1.807, 2.05) is 0 Å². The third kappa shape index (κ3) is 2.88. The first-order valence-corrected chi connectivity index (χ1v) is 6.13. The van der Waals surface area contributed by atoms with Gasteiger partial charge in [-0.1, -0.05) is 0 Å². The van der Waals surface area contributed by atoms with Crippen molar-refractivity contribution in [1.29, 1.82) is 0 Å². The number of nitrogens with zero attached hydrogens (tertiary/aromatic N) is 1. The van der Waals surface area contributed by atoms with Gasteiger partial charge in [0.05, 0.1) is 6.10 Å². The van der Waals surface area contributed by atoms with Crippen molar-refractivity contribution in [2.45, 2.75) is 25.5 Å². The predicted molar refractivity (Wildman–Crippen MR) is 68.9 cm³/mol. The normalized spacial score (nSPS) is 21.9. The highest BCUT2D eigenvalue weighted by atomic mass is 19.1. The van der Waals surface area contributed by atoms with Gasteiger partial charge in [-0.2, -0.15) is 0 Å². The summed E-state index contributed by atoms with van der Waals surface area (Å²) in [6, 6.07) is 2.39. The number of hydrogen-bond acceptors (Lipinski definition) is 3. The standard InChI is InChI=1S/C13H15FN2O4/c1-7-4-8(2-3-10(7)14)15-13(20)16-6-9(17)5-11(16)12(18)19/h2-4,9,11,17H,5-6H2,1H3,(H,15,20)(H,18,19)/t9-,11+/m1/s1. The Morgan fingerprint density at radius 1 is 1.45 bits per heavy atom. The highest BCUT2D eigenvalue weighted by molar-refractivity contribution is 5.92. The second-order valence-corrected chi connectivity index (χ2v) is 4.79.